The van der Waals surface area contributed by atoms with Gasteiger partial charge in [0.25, 0.3) is 0 Å². The summed E-state index contributed by atoms with van der Waals surface area (Å²) in [5.74, 6) is 0.159. The lowest BCUT2D eigenvalue weighted by Gasteiger charge is -2.09. The molecule has 5 heteroatoms. The van der Waals surface area contributed by atoms with Crippen molar-refractivity contribution in [2.75, 3.05) is 13.1 Å². The number of nitrogens with one attached hydrogen (secondary N) is 2. The van der Waals surface area contributed by atoms with Crippen LogP contribution in [0.25, 0.3) is 0 Å². The van der Waals surface area contributed by atoms with Gasteiger partial charge in [-0.05, 0) is 44.4 Å². The maximum absolute atomic E-state index is 11.6. The second-order valence-electron chi connectivity index (χ2n) is 4.64. The number of hydrogen-bond acceptors (Lipinski definition) is 3. The van der Waals surface area contributed by atoms with Gasteiger partial charge in [-0.25, -0.2) is 0 Å². The Hall–Kier alpha value is -0.580. The van der Waals surface area contributed by atoms with Gasteiger partial charge in [-0.3, -0.25) is 4.79 Å². The van der Waals surface area contributed by atoms with Crippen LogP contribution in [0, 0.1) is 0 Å². The average molecular weight is 287 g/mol. The maximum atomic E-state index is 11.6. The average Bonchev–Trinajstić information content (AvgIpc) is 2.98. The first-order valence-corrected chi connectivity index (χ1v) is 7.68. The highest BCUT2D eigenvalue weighted by atomic mass is 35.5. The summed E-state index contributed by atoms with van der Waals surface area (Å²) in [5.41, 5.74) is 0. The van der Waals surface area contributed by atoms with Crippen molar-refractivity contribution in [1.82, 2.24) is 10.6 Å². The van der Waals surface area contributed by atoms with E-state index in [-0.39, 0.29) is 5.91 Å². The van der Waals surface area contributed by atoms with Crippen molar-refractivity contribution in [2.45, 2.75) is 38.1 Å². The van der Waals surface area contributed by atoms with Crippen molar-refractivity contribution >= 4 is 28.8 Å². The molecule has 0 aromatic carbocycles. The van der Waals surface area contributed by atoms with Crippen LogP contribution in [0.4, 0.5) is 0 Å². The zero-order valence-electron chi connectivity index (χ0n) is 10.4. The Labute approximate surface area is 117 Å². The van der Waals surface area contributed by atoms with Crippen LogP contribution in [-0.2, 0) is 11.2 Å². The van der Waals surface area contributed by atoms with E-state index in [0.29, 0.717) is 19.0 Å². The molecule has 0 spiro atoms. The predicted molar refractivity (Wildman–Crippen MR) is 76.3 cm³/mol. The molecule has 1 aromatic heterocycles. The van der Waals surface area contributed by atoms with E-state index in [2.05, 4.69) is 10.6 Å². The van der Waals surface area contributed by atoms with Crippen molar-refractivity contribution in [3.05, 3.63) is 21.3 Å². The lowest BCUT2D eigenvalue weighted by molar-refractivity contribution is -0.121. The molecule has 1 amide bonds. The molecule has 1 saturated heterocycles. The van der Waals surface area contributed by atoms with E-state index in [1.54, 1.807) is 11.3 Å². The zero-order chi connectivity index (χ0) is 12.8. The molecule has 2 N–H and O–H groups in total. The van der Waals surface area contributed by atoms with Crippen molar-refractivity contribution in [1.29, 1.82) is 0 Å². The van der Waals surface area contributed by atoms with Crippen LogP contribution in [0.15, 0.2) is 12.1 Å². The van der Waals surface area contributed by atoms with Crippen molar-refractivity contribution in [3.8, 4) is 0 Å². The predicted octanol–water partition coefficient (Wildman–Crippen LogP) is 2.59. The van der Waals surface area contributed by atoms with E-state index in [1.807, 2.05) is 12.1 Å². The van der Waals surface area contributed by atoms with Gasteiger partial charge >= 0.3 is 0 Å². The number of thiophene rings is 1. The summed E-state index contributed by atoms with van der Waals surface area (Å²) in [6.45, 7) is 1.80. The first-order valence-electron chi connectivity index (χ1n) is 6.48. The van der Waals surface area contributed by atoms with Crippen LogP contribution in [0.5, 0.6) is 0 Å². The van der Waals surface area contributed by atoms with Crippen molar-refractivity contribution in [2.24, 2.45) is 0 Å². The molecule has 1 atom stereocenters. The summed E-state index contributed by atoms with van der Waals surface area (Å²) >= 11 is 7.43. The molecule has 18 heavy (non-hydrogen) atoms. The van der Waals surface area contributed by atoms with E-state index in [1.165, 1.54) is 17.7 Å². The zero-order valence-corrected chi connectivity index (χ0v) is 11.9. The highest BCUT2D eigenvalue weighted by Crippen LogP contribution is 2.21. The summed E-state index contributed by atoms with van der Waals surface area (Å²) in [6.07, 6.45) is 4.90. The fraction of sp³-hybridized carbons (Fsp3) is 0.615. The van der Waals surface area contributed by atoms with E-state index in [4.69, 9.17) is 11.6 Å². The second-order valence-corrected chi connectivity index (χ2v) is 6.44. The molecule has 1 aliphatic rings. The molecule has 0 aliphatic carbocycles. The van der Waals surface area contributed by atoms with E-state index < -0.39 is 0 Å². The number of carbonyl (C=O) groups excluding carboxylic acids is 1. The third-order valence-corrected chi connectivity index (χ3v) is 4.50. The first-order chi connectivity index (χ1) is 8.74. The molecule has 3 nitrogen and oxygen atoms in total. The molecule has 1 fully saturated rings. The standard InChI is InChI=1S/C13H19ClN2OS/c14-12-5-4-11(18-12)7-9-16-13(17)6-3-10-2-1-8-15-10/h4-5,10,15H,1-3,6-9H2,(H,16,17). The number of amides is 1. The summed E-state index contributed by atoms with van der Waals surface area (Å²) in [4.78, 5) is 12.9. The van der Waals surface area contributed by atoms with Crippen LogP contribution in [-0.4, -0.2) is 25.0 Å². The van der Waals surface area contributed by atoms with Gasteiger partial charge < -0.3 is 10.6 Å². The molecule has 0 radical (unpaired) electrons. The summed E-state index contributed by atoms with van der Waals surface area (Å²) in [5, 5.41) is 6.36. The molecule has 0 bridgehead atoms. The SMILES string of the molecule is O=C(CCC1CCCN1)NCCc1ccc(Cl)s1. The third kappa shape index (κ3) is 4.59. The fourth-order valence-electron chi connectivity index (χ4n) is 2.21. The molecule has 1 aromatic rings. The van der Waals surface area contributed by atoms with Crippen LogP contribution < -0.4 is 10.6 Å². The summed E-state index contributed by atoms with van der Waals surface area (Å²) in [7, 11) is 0. The second kappa shape index (κ2) is 7.12. The van der Waals surface area contributed by atoms with E-state index in [0.717, 1.165) is 23.7 Å². The lowest BCUT2D eigenvalue weighted by Crippen LogP contribution is -2.28. The van der Waals surface area contributed by atoms with Gasteiger partial charge in [0, 0.05) is 23.9 Å². The molecule has 1 aliphatic heterocycles. The summed E-state index contributed by atoms with van der Waals surface area (Å²) < 4.78 is 0.809. The van der Waals surface area contributed by atoms with Crippen LogP contribution in [0.2, 0.25) is 4.34 Å². The first kappa shape index (κ1) is 13.8. The number of hydrogen-bond donors (Lipinski definition) is 2. The molecule has 100 valence electrons. The van der Waals surface area contributed by atoms with Gasteiger partial charge in [0.1, 0.15) is 0 Å². The van der Waals surface area contributed by atoms with E-state index in [9.17, 15) is 4.79 Å². The van der Waals surface area contributed by atoms with Crippen LogP contribution in [0.3, 0.4) is 0 Å². The Morgan fingerprint density at radius 1 is 1.56 bits per heavy atom. The minimum atomic E-state index is 0.159. The van der Waals surface area contributed by atoms with E-state index >= 15 is 0 Å². The fourth-order valence-corrected chi connectivity index (χ4v) is 3.30. The minimum absolute atomic E-state index is 0.159. The Bertz CT molecular complexity index is 388. The Morgan fingerprint density at radius 3 is 3.11 bits per heavy atom. The Kier molecular flexibility index (Phi) is 5.47. The monoisotopic (exact) mass is 286 g/mol. The Balaban J connectivity index is 1.57. The van der Waals surface area contributed by atoms with Crippen LogP contribution in [0.1, 0.15) is 30.6 Å². The highest BCUT2D eigenvalue weighted by molar-refractivity contribution is 7.16. The quantitative estimate of drug-likeness (QED) is 0.844. The molecular formula is C13H19ClN2OS. The van der Waals surface area contributed by atoms with Crippen molar-refractivity contribution in [3.63, 3.8) is 0 Å². The van der Waals surface area contributed by atoms with Gasteiger partial charge in [-0.15, -0.1) is 11.3 Å². The van der Waals surface area contributed by atoms with Gasteiger partial charge in [-0.1, -0.05) is 11.6 Å². The van der Waals surface area contributed by atoms with Gasteiger partial charge in [0.2, 0.25) is 5.91 Å². The molecular weight excluding hydrogens is 268 g/mol. The molecule has 2 rings (SSSR count). The number of rotatable bonds is 6. The topological polar surface area (TPSA) is 41.1 Å². The highest BCUT2D eigenvalue weighted by Gasteiger charge is 2.14. The largest absolute Gasteiger partial charge is 0.356 e. The Morgan fingerprint density at radius 2 is 2.44 bits per heavy atom. The number of halogens is 1. The van der Waals surface area contributed by atoms with Crippen molar-refractivity contribution < 1.29 is 4.79 Å². The van der Waals surface area contributed by atoms with Crippen LogP contribution >= 0.6 is 22.9 Å². The van der Waals surface area contributed by atoms with Gasteiger partial charge in [-0.2, -0.15) is 0 Å². The van der Waals surface area contributed by atoms with Gasteiger partial charge in [0.15, 0.2) is 0 Å². The smallest absolute Gasteiger partial charge is 0.220 e. The summed E-state index contributed by atoms with van der Waals surface area (Å²) in [6, 6.07) is 4.46. The third-order valence-electron chi connectivity index (χ3n) is 3.20. The molecule has 0 saturated carbocycles. The molecule has 2 heterocycles. The number of carbonyl (C=O) groups is 1. The molecule has 1 unspecified atom stereocenters. The normalized spacial score (nSPS) is 19.1. The van der Waals surface area contributed by atoms with Gasteiger partial charge in [0.05, 0.1) is 4.34 Å². The maximum Gasteiger partial charge on any atom is 0.220 e. The minimum Gasteiger partial charge on any atom is -0.356 e. The lowest BCUT2D eigenvalue weighted by atomic mass is 10.1.